The number of hydrogen-bond donors (Lipinski definition) is 1. The normalized spacial score (nSPS) is 8.00. The van der Waals surface area contributed by atoms with Crippen LogP contribution in [-0.2, 0) is 0 Å². The summed E-state index contributed by atoms with van der Waals surface area (Å²) in [4.78, 5) is 0. The molecule has 0 saturated carbocycles. The summed E-state index contributed by atoms with van der Waals surface area (Å²) >= 11 is 5.20. The first-order valence-corrected chi connectivity index (χ1v) is 2.26. The summed E-state index contributed by atoms with van der Waals surface area (Å²) in [5.74, 6) is 0.201. The van der Waals surface area contributed by atoms with E-state index in [9.17, 15) is 0 Å². The maximum atomic E-state index is 6.71. The van der Waals surface area contributed by atoms with E-state index in [1.165, 1.54) is 0 Å². The van der Waals surface area contributed by atoms with E-state index in [4.69, 9.17) is 17.0 Å². The van der Waals surface area contributed by atoms with Gasteiger partial charge in [0.05, 0.1) is 5.17 Å². The summed E-state index contributed by atoms with van der Waals surface area (Å²) < 4.78 is 0. The Morgan fingerprint density at radius 2 is 1.71 bits per heavy atom. The second kappa shape index (κ2) is 4.41. The van der Waals surface area contributed by atoms with E-state index in [1.54, 1.807) is 0 Å². The predicted molar refractivity (Wildman–Crippen MR) is 35.7 cm³/mol. The lowest BCUT2D eigenvalue weighted by Gasteiger charge is -1.92. The first-order valence-electron chi connectivity index (χ1n) is 1.88. The van der Waals surface area contributed by atoms with Crippen molar-refractivity contribution in [1.82, 2.24) is 0 Å². The van der Waals surface area contributed by atoms with Crippen molar-refractivity contribution in [2.45, 2.75) is 13.8 Å². The lowest BCUT2D eigenvalue weighted by atomic mass is 10.2. The van der Waals surface area contributed by atoms with Gasteiger partial charge in [-0.15, -0.1) is 12.4 Å². The van der Waals surface area contributed by atoms with Crippen molar-refractivity contribution >= 4 is 29.2 Å². The van der Waals surface area contributed by atoms with Gasteiger partial charge in [0, 0.05) is 5.92 Å². The zero-order valence-electron chi connectivity index (χ0n) is 4.36. The van der Waals surface area contributed by atoms with E-state index < -0.39 is 0 Å². The summed E-state index contributed by atoms with van der Waals surface area (Å²) in [6.07, 6.45) is 0. The quantitative estimate of drug-likeness (QED) is 0.543. The highest BCUT2D eigenvalue weighted by atomic mass is 35.5. The fourth-order valence-corrected chi connectivity index (χ4v) is 0. The molecule has 0 aliphatic heterocycles. The third kappa shape index (κ3) is 6.25. The van der Waals surface area contributed by atoms with Crippen LogP contribution in [-0.4, -0.2) is 5.17 Å². The summed E-state index contributed by atoms with van der Waals surface area (Å²) in [6, 6.07) is 0. The molecule has 0 unspecified atom stereocenters. The highest BCUT2D eigenvalue weighted by Crippen LogP contribution is 1.96. The molecule has 1 nitrogen and oxygen atoms in total. The average Bonchev–Trinajstić information content (AvgIpc) is 1.36. The number of nitrogens with one attached hydrogen (secondary N) is 1. The predicted octanol–water partition coefficient (Wildman–Crippen LogP) is 2.28. The molecule has 1 N–H and O–H groups in total. The molecule has 0 heterocycles. The zero-order valence-corrected chi connectivity index (χ0v) is 5.94. The van der Waals surface area contributed by atoms with Crippen LogP contribution < -0.4 is 0 Å². The van der Waals surface area contributed by atoms with E-state index in [-0.39, 0.29) is 23.5 Å². The fourth-order valence-electron chi connectivity index (χ4n) is 0. The Hall–Kier alpha value is 0.250. The summed E-state index contributed by atoms with van der Waals surface area (Å²) in [6.45, 7) is 3.77. The second-order valence-corrected chi connectivity index (χ2v) is 1.91. The van der Waals surface area contributed by atoms with Gasteiger partial charge in [0.2, 0.25) is 0 Å². The number of hydrogen-bond acceptors (Lipinski definition) is 1. The minimum atomic E-state index is 0. The van der Waals surface area contributed by atoms with Gasteiger partial charge in [-0.1, -0.05) is 25.4 Å². The third-order valence-electron chi connectivity index (χ3n) is 0.507. The van der Waals surface area contributed by atoms with Crippen LogP contribution in [0.5, 0.6) is 0 Å². The topological polar surface area (TPSA) is 23.9 Å². The molecule has 0 aliphatic carbocycles. The van der Waals surface area contributed by atoms with Crippen LogP contribution in [0.2, 0.25) is 0 Å². The zero-order chi connectivity index (χ0) is 5.15. The van der Waals surface area contributed by atoms with Crippen molar-refractivity contribution in [2.24, 2.45) is 5.92 Å². The molecule has 0 bridgehead atoms. The van der Waals surface area contributed by atoms with Gasteiger partial charge in [-0.3, -0.25) is 5.41 Å². The maximum absolute atomic E-state index is 6.71. The van der Waals surface area contributed by atoms with Crippen LogP contribution in [0.25, 0.3) is 0 Å². The van der Waals surface area contributed by atoms with Gasteiger partial charge in [-0.05, 0) is 0 Å². The lowest BCUT2D eigenvalue weighted by molar-refractivity contribution is 0.893. The van der Waals surface area contributed by atoms with E-state index >= 15 is 0 Å². The van der Waals surface area contributed by atoms with Crippen LogP contribution in [0.3, 0.4) is 0 Å². The van der Waals surface area contributed by atoms with Crippen LogP contribution in [0.1, 0.15) is 13.8 Å². The molecule has 0 rings (SSSR count). The highest BCUT2D eigenvalue weighted by molar-refractivity contribution is 6.64. The van der Waals surface area contributed by atoms with Gasteiger partial charge in [0.25, 0.3) is 0 Å². The molecule has 0 aliphatic rings. The van der Waals surface area contributed by atoms with Crippen LogP contribution in [0.4, 0.5) is 0 Å². The molecule has 0 spiro atoms. The molecule has 44 valence electrons. The molecule has 0 aromatic carbocycles. The van der Waals surface area contributed by atoms with Crippen molar-refractivity contribution < 1.29 is 0 Å². The first kappa shape index (κ1) is 10.3. The molecule has 0 aromatic rings. The van der Waals surface area contributed by atoms with Crippen LogP contribution in [0.15, 0.2) is 0 Å². The standard InChI is InChI=1S/C4H8ClN.ClH/c1-3(2)4(5)6;/h3,6H,1-2H3;1H. The number of halogens is 2. The molecule has 0 saturated heterocycles. The van der Waals surface area contributed by atoms with Gasteiger partial charge in [0.1, 0.15) is 0 Å². The molecule has 0 radical (unpaired) electrons. The van der Waals surface area contributed by atoms with E-state index in [1.807, 2.05) is 13.8 Å². The Morgan fingerprint density at radius 1 is 1.57 bits per heavy atom. The summed E-state index contributed by atoms with van der Waals surface area (Å²) in [5.41, 5.74) is 0. The first-order chi connectivity index (χ1) is 2.64. The van der Waals surface area contributed by atoms with E-state index in [0.717, 1.165) is 0 Å². The van der Waals surface area contributed by atoms with Gasteiger partial charge in [-0.2, -0.15) is 0 Å². The SMILES string of the molecule is CC(C)C(=N)Cl.Cl. The summed E-state index contributed by atoms with van der Waals surface area (Å²) in [5, 5.41) is 6.95. The third-order valence-corrected chi connectivity index (χ3v) is 0.943. The largest absolute Gasteiger partial charge is 0.293 e. The van der Waals surface area contributed by atoms with Crippen molar-refractivity contribution in [3.8, 4) is 0 Å². The lowest BCUT2D eigenvalue weighted by Crippen LogP contribution is -1.93. The molecule has 0 fully saturated rings. The van der Waals surface area contributed by atoms with E-state index in [2.05, 4.69) is 0 Å². The average molecular weight is 142 g/mol. The molecular weight excluding hydrogens is 133 g/mol. The van der Waals surface area contributed by atoms with Gasteiger partial charge < -0.3 is 0 Å². The van der Waals surface area contributed by atoms with E-state index in [0.29, 0.717) is 0 Å². The minimum absolute atomic E-state index is 0. The molecule has 0 amide bonds. The van der Waals surface area contributed by atoms with Gasteiger partial charge >= 0.3 is 0 Å². The highest BCUT2D eigenvalue weighted by Gasteiger charge is 1.93. The van der Waals surface area contributed by atoms with Gasteiger partial charge in [-0.25, -0.2) is 0 Å². The van der Waals surface area contributed by atoms with Crippen molar-refractivity contribution in [2.75, 3.05) is 0 Å². The molecule has 3 heteroatoms. The van der Waals surface area contributed by atoms with Crippen LogP contribution >= 0.6 is 24.0 Å². The van der Waals surface area contributed by atoms with Gasteiger partial charge in [0.15, 0.2) is 0 Å². The Labute approximate surface area is 55.0 Å². The monoisotopic (exact) mass is 141 g/mol. The fraction of sp³-hybridized carbons (Fsp3) is 0.750. The summed E-state index contributed by atoms with van der Waals surface area (Å²) in [7, 11) is 0. The minimum Gasteiger partial charge on any atom is -0.293 e. The smallest absolute Gasteiger partial charge is 0.0994 e. The molecule has 7 heavy (non-hydrogen) atoms. The Kier molecular flexibility index (Phi) is 6.47. The Bertz CT molecular complexity index is 60.7. The second-order valence-electron chi connectivity index (χ2n) is 1.50. The van der Waals surface area contributed by atoms with Crippen molar-refractivity contribution in [3.05, 3.63) is 0 Å². The van der Waals surface area contributed by atoms with Crippen LogP contribution in [0, 0.1) is 11.3 Å². The van der Waals surface area contributed by atoms with Crippen molar-refractivity contribution in [1.29, 1.82) is 5.41 Å². The molecular formula is C4H9Cl2N. The van der Waals surface area contributed by atoms with Crippen molar-refractivity contribution in [3.63, 3.8) is 0 Å². The molecule has 0 aromatic heterocycles. The molecule has 0 atom stereocenters. The Balaban J connectivity index is 0. The Morgan fingerprint density at radius 3 is 1.71 bits per heavy atom. The maximum Gasteiger partial charge on any atom is 0.0994 e. The number of rotatable bonds is 1.